The first kappa shape index (κ1) is 18.9. The Kier molecular flexibility index (Phi) is 5.35. The van der Waals surface area contributed by atoms with E-state index in [0.717, 1.165) is 0 Å². The Morgan fingerprint density at radius 3 is 2.31 bits per heavy atom. The summed E-state index contributed by atoms with van der Waals surface area (Å²) < 4.78 is 33.6. The summed E-state index contributed by atoms with van der Waals surface area (Å²) in [4.78, 5) is 25.7. The van der Waals surface area contributed by atoms with Crippen LogP contribution in [-0.2, 0) is 26.6 Å². The summed E-state index contributed by atoms with van der Waals surface area (Å²) in [5.74, 6) is -0.749. The van der Waals surface area contributed by atoms with Crippen LogP contribution in [0.25, 0.3) is 0 Å². The topological polar surface area (TPSA) is 115 Å². The van der Waals surface area contributed by atoms with Crippen LogP contribution in [0.15, 0.2) is 17.2 Å². The monoisotopic (exact) mass is 384 g/mol. The second-order valence-corrected chi connectivity index (χ2v) is 8.59. The van der Waals surface area contributed by atoms with Crippen LogP contribution in [0.1, 0.15) is 23.3 Å². The number of nitrogens with zero attached hydrogens (tertiary/aromatic N) is 3. The zero-order valence-electron chi connectivity index (χ0n) is 14.8. The Labute approximate surface area is 152 Å². The first-order valence-corrected chi connectivity index (χ1v) is 10.1. The second kappa shape index (κ2) is 7.37. The third-order valence-corrected chi connectivity index (χ3v) is 6.86. The average Bonchev–Trinajstić information content (AvgIpc) is 3.05. The summed E-state index contributed by atoms with van der Waals surface area (Å²) in [6.45, 7) is 2.85. The first-order chi connectivity index (χ1) is 12.3. The zero-order chi connectivity index (χ0) is 18.9. The largest absolute Gasteiger partial charge is 0.378 e. The van der Waals surface area contributed by atoms with Crippen molar-refractivity contribution in [1.82, 2.24) is 13.8 Å². The van der Waals surface area contributed by atoms with Gasteiger partial charge in [0.1, 0.15) is 10.6 Å². The standard InChI is InChI=1S/C16H24N4O5S/c1-18-11-13(10-14(18)15(17)21)26(23,24)20-4-2-12(3-5-20)16(22)19-6-8-25-9-7-19/h10-12H,2-9H2,1H3,(H2,17,21). The summed E-state index contributed by atoms with van der Waals surface area (Å²) in [6.07, 6.45) is 2.37. The minimum Gasteiger partial charge on any atom is -0.378 e. The van der Waals surface area contributed by atoms with Gasteiger partial charge in [-0.3, -0.25) is 9.59 Å². The quantitative estimate of drug-likeness (QED) is 0.743. The first-order valence-electron chi connectivity index (χ1n) is 8.63. The molecule has 0 unspecified atom stereocenters. The van der Waals surface area contributed by atoms with Crippen molar-refractivity contribution in [1.29, 1.82) is 0 Å². The molecule has 2 aliphatic heterocycles. The highest BCUT2D eigenvalue weighted by atomic mass is 32.2. The minimum atomic E-state index is -3.71. The van der Waals surface area contributed by atoms with Gasteiger partial charge in [0.2, 0.25) is 15.9 Å². The molecular weight excluding hydrogens is 360 g/mol. The number of piperidine rings is 1. The molecule has 144 valence electrons. The van der Waals surface area contributed by atoms with Crippen molar-refractivity contribution in [3.8, 4) is 0 Å². The van der Waals surface area contributed by atoms with E-state index in [2.05, 4.69) is 0 Å². The van der Waals surface area contributed by atoms with Crippen molar-refractivity contribution in [3.05, 3.63) is 18.0 Å². The Hall–Kier alpha value is -1.91. The van der Waals surface area contributed by atoms with Gasteiger partial charge in [0.15, 0.2) is 0 Å². The van der Waals surface area contributed by atoms with Gasteiger partial charge < -0.3 is 19.9 Å². The number of ether oxygens (including phenoxy) is 1. The summed E-state index contributed by atoms with van der Waals surface area (Å²) in [7, 11) is -2.14. The smallest absolute Gasteiger partial charge is 0.265 e. The van der Waals surface area contributed by atoms with Crippen molar-refractivity contribution >= 4 is 21.8 Å². The van der Waals surface area contributed by atoms with E-state index in [9.17, 15) is 18.0 Å². The third kappa shape index (κ3) is 3.62. The lowest BCUT2D eigenvalue weighted by atomic mass is 9.96. The van der Waals surface area contributed by atoms with Crippen LogP contribution in [0.3, 0.4) is 0 Å². The lowest BCUT2D eigenvalue weighted by Gasteiger charge is -2.34. The molecule has 26 heavy (non-hydrogen) atoms. The van der Waals surface area contributed by atoms with Crippen LogP contribution in [0, 0.1) is 5.92 Å². The third-order valence-electron chi connectivity index (χ3n) is 5.00. The number of morpholine rings is 1. The molecule has 2 saturated heterocycles. The molecule has 0 bridgehead atoms. The number of sulfonamides is 1. The number of hydrogen-bond donors (Lipinski definition) is 1. The predicted octanol–water partition coefficient (Wildman–Crippen LogP) is -0.616. The minimum absolute atomic E-state index is 0.0479. The van der Waals surface area contributed by atoms with Gasteiger partial charge in [-0.1, -0.05) is 0 Å². The number of aryl methyl sites for hydroxylation is 1. The zero-order valence-corrected chi connectivity index (χ0v) is 15.6. The summed E-state index contributed by atoms with van der Waals surface area (Å²) in [6, 6.07) is 1.29. The number of aromatic nitrogens is 1. The molecule has 10 heteroatoms. The van der Waals surface area contributed by atoms with Crippen LogP contribution in [-0.4, -0.2) is 73.4 Å². The molecule has 3 rings (SSSR count). The Bertz CT molecular complexity index is 790. The number of amides is 2. The highest BCUT2D eigenvalue weighted by molar-refractivity contribution is 7.89. The second-order valence-electron chi connectivity index (χ2n) is 6.65. The van der Waals surface area contributed by atoms with Gasteiger partial charge in [0.25, 0.3) is 5.91 Å². The number of carbonyl (C=O) groups is 2. The maximum Gasteiger partial charge on any atom is 0.265 e. The highest BCUT2D eigenvalue weighted by Gasteiger charge is 2.35. The number of carbonyl (C=O) groups excluding carboxylic acids is 2. The molecule has 1 aromatic heterocycles. The summed E-state index contributed by atoms with van der Waals surface area (Å²) >= 11 is 0. The van der Waals surface area contributed by atoms with Gasteiger partial charge >= 0.3 is 0 Å². The van der Waals surface area contributed by atoms with Gasteiger partial charge in [0.05, 0.1) is 13.2 Å². The molecule has 2 fully saturated rings. The molecule has 3 heterocycles. The molecule has 0 spiro atoms. The van der Waals surface area contributed by atoms with Gasteiger partial charge in [-0.05, 0) is 18.9 Å². The molecule has 0 radical (unpaired) electrons. The molecular formula is C16H24N4O5S. The van der Waals surface area contributed by atoms with E-state index in [1.165, 1.54) is 21.1 Å². The number of hydrogen-bond acceptors (Lipinski definition) is 5. The molecule has 2 amide bonds. The van der Waals surface area contributed by atoms with Crippen molar-refractivity contribution in [2.24, 2.45) is 18.7 Å². The summed E-state index contributed by atoms with van der Waals surface area (Å²) in [5, 5.41) is 0. The van der Waals surface area contributed by atoms with E-state index in [1.54, 1.807) is 11.9 Å². The Balaban J connectivity index is 1.66. The van der Waals surface area contributed by atoms with Gasteiger partial charge in [0, 0.05) is 45.3 Å². The van der Waals surface area contributed by atoms with Crippen molar-refractivity contribution in [2.45, 2.75) is 17.7 Å². The van der Waals surface area contributed by atoms with Crippen LogP contribution >= 0.6 is 0 Å². The Morgan fingerprint density at radius 2 is 1.77 bits per heavy atom. The number of rotatable bonds is 4. The van der Waals surface area contributed by atoms with Gasteiger partial charge in [-0.15, -0.1) is 0 Å². The van der Waals surface area contributed by atoms with E-state index < -0.39 is 15.9 Å². The van der Waals surface area contributed by atoms with Gasteiger partial charge in [-0.2, -0.15) is 4.31 Å². The van der Waals surface area contributed by atoms with Crippen LogP contribution in [0.2, 0.25) is 0 Å². The van der Waals surface area contributed by atoms with Crippen molar-refractivity contribution < 1.29 is 22.7 Å². The maximum absolute atomic E-state index is 12.8. The molecule has 0 atom stereocenters. The summed E-state index contributed by atoms with van der Waals surface area (Å²) in [5.41, 5.74) is 5.39. The predicted molar refractivity (Wildman–Crippen MR) is 92.8 cm³/mol. The molecule has 0 saturated carbocycles. The van der Waals surface area contributed by atoms with E-state index >= 15 is 0 Å². The van der Waals surface area contributed by atoms with E-state index in [4.69, 9.17) is 10.5 Å². The average molecular weight is 384 g/mol. The fourth-order valence-electron chi connectivity index (χ4n) is 3.45. The van der Waals surface area contributed by atoms with E-state index in [1.807, 2.05) is 0 Å². The normalized spacial score (nSPS) is 20.3. The molecule has 9 nitrogen and oxygen atoms in total. The van der Waals surface area contributed by atoms with Crippen LogP contribution in [0.4, 0.5) is 0 Å². The molecule has 2 aliphatic rings. The lowest BCUT2D eigenvalue weighted by molar-refractivity contribution is -0.140. The highest BCUT2D eigenvalue weighted by Crippen LogP contribution is 2.26. The Morgan fingerprint density at radius 1 is 1.15 bits per heavy atom. The molecule has 0 aromatic carbocycles. The SMILES string of the molecule is Cn1cc(S(=O)(=O)N2CCC(C(=O)N3CCOCC3)CC2)cc1C(N)=O. The van der Waals surface area contributed by atoms with E-state index in [0.29, 0.717) is 39.1 Å². The van der Waals surface area contributed by atoms with E-state index in [-0.39, 0.29) is 35.5 Å². The number of nitrogens with two attached hydrogens (primary N) is 1. The van der Waals surface area contributed by atoms with Crippen molar-refractivity contribution in [3.63, 3.8) is 0 Å². The lowest BCUT2D eigenvalue weighted by Crippen LogP contribution is -2.47. The van der Waals surface area contributed by atoms with Crippen LogP contribution in [0.5, 0.6) is 0 Å². The number of primary amides is 1. The van der Waals surface area contributed by atoms with Gasteiger partial charge in [-0.25, -0.2) is 8.42 Å². The maximum atomic E-state index is 12.8. The molecule has 0 aliphatic carbocycles. The molecule has 1 aromatic rings. The molecule has 2 N–H and O–H groups in total. The fourth-order valence-corrected chi connectivity index (χ4v) is 5.00. The van der Waals surface area contributed by atoms with Crippen LogP contribution < -0.4 is 5.73 Å². The van der Waals surface area contributed by atoms with Crippen molar-refractivity contribution in [2.75, 3.05) is 39.4 Å². The fraction of sp³-hybridized carbons (Fsp3) is 0.625.